The van der Waals surface area contributed by atoms with E-state index in [0.29, 0.717) is 23.0 Å². The molecule has 0 aromatic heterocycles. The Morgan fingerprint density at radius 2 is 1.08 bits per heavy atom. The summed E-state index contributed by atoms with van der Waals surface area (Å²) in [5, 5.41) is 0. The van der Waals surface area contributed by atoms with Crippen LogP contribution in [0.2, 0.25) is 0 Å². The Morgan fingerprint density at radius 3 is 1.44 bits per heavy atom. The van der Waals surface area contributed by atoms with Crippen molar-refractivity contribution in [2.24, 2.45) is 11.8 Å². The summed E-state index contributed by atoms with van der Waals surface area (Å²) in [6.45, 7) is 8.37. The molecule has 0 spiro atoms. The van der Waals surface area contributed by atoms with Crippen LogP contribution in [0.4, 0.5) is 0 Å². The second-order valence-electron chi connectivity index (χ2n) is 7.19. The van der Waals surface area contributed by atoms with Gasteiger partial charge in [0.25, 0.3) is 0 Å². The second kappa shape index (κ2) is 8.61. The first-order chi connectivity index (χ1) is 11.9. The van der Waals surface area contributed by atoms with Crippen LogP contribution in [0.3, 0.4) is 0 Å². The summed E-state index contributed by atoms with van der Waals surface area (Å²) in [6.07, 6.45) is 1.53. The Labute approximate surface area is 150 Å². The maximum absolute atomic E-state index is 12.5. The van der Waals surface area contributed by atoms with E-state index in [1.807, 2.05) is 24.3 Å². The molecule has 0 aliphatic rings. The summed E-state index contributed by atoms with van der Waals surface area (Å²) in [7, 11) is 0. The molecule has 3 nitrogen and oxygen atoms in total. The van der Waals surface area contributed by atoms with Gasteiger partial charge in [0.15, 0.2) is 0 Å². The Morgan fingerprint density at radius 1 is 0.720 bits per heavy atom. The number of esters is 2. The first kappa shape index (κ1) is 18.9. The van der Waals surface area contributed by atoms with Crippen LogP contribution in [0, 0.1) is 11.8 Å². The van der Waals surface area contributed by atoms with Gasteiger partial charge in [-0.2, -0.15) is 0 Å². The van der Waals surface area contributed by atoms with Gasteiger partial charge in [-0.05, 0) is 47.9 Å². The van der Waals surface area contributed by atoms with E-state index in [0.717, 1.165) is 24.0 Å². The minimum absolute atomic E-state index is 0.413. The van der Waals surface area contributed by atoms with Gasteiger partial charge in [-0.3, -0.25) is 0 Å². The maximum Gasteiger partial charge on any atom is 0.346 e. The van der Waals surface area contributed by atoms with Gasteiger partial charge in [0.1, 0.15) is 0 Å². The smallest absolute Gasteiger partial charge is 0.346 e. The zero-order chi connectivity index (χ0) is 18.4. The highest BCUT2D eigenvalue weighted by atomic mass is 16.6. The average molecular weight is 338 g/mol. The van der Waals surface area contributed by atoms with E-state index in [1.165, 1.54) is 0 Å². The average Bonchev–Trinajstić information content (AvgIpc) is 2.54. The predicted molar refractivity (Wildman–Crippen MR) is 99.7 cm³/mol. The van der Waals surface area contributed by atoms with E-state index >= 15 is 0 Å². The first-order valence-corrected chi connectivity index (χ1v) is 8.80. The topological polar surface area (TPSA) is 43.4 Å². The molecule has 0 atom stereocenters. The van der Waals surface area contributed by atoms with Crippen LogP contribution >= 0.6 is 0 Å². The summed E-state index contributed by atoms with van der Waals surface area (Å²) in [5.41, 5.74) is 2.74. The normalized spacial score (nSPS) is 11.0. The second-order valence-corrected chi connectivity index (χ2v) is 7.19. The van der Waals surface area contributed by atoms with E-state index in [-0.39, 0.29) is 0 Å². The molecule has 3 heteroatoms. The van der Waals surface area contributed by atoms with E-state index in [1.54, 1.807) is 24.3 Å². The Hall–Kier alpha value is -2.42. The van der Waals surface area contributed by atoms with Crippen molar-refractivity contribution in [3.8, 4) is 0 Å². The van der Waals surface area contributed by atoms with Crippen molar-refractivity contribution in [2.45, 2.75) is 40.5 Å². The van der Waals surface area contributed by atoms with Crippen LogP contribution in [0.25, 0.3) is 0 Å². The molecule has 0 N–H and O–H groups in total. The van der Waals surface area contributed by atoms with Crippen molar-refractivity contribution in [1.82, 2.24) is 0 Å². The maximum atomic E-state index is 12.5. The van der Waals surface area contributed by atoms with E-state index in [2.05, 4.69) is 27.7 Å². The van der Waals surface area contributed by atoms with Gasteiger partial charge >= 0.3 is 11.9 Å². The lowest BCUT2D eigenvalue weighted by atomic mass is 9.97. The molecule has 0 radical (unpaired) electrons. The monoisotopic (exact) mass is 338 g/mol. The molecule has 0 fully saturated rings. The van der Waals surface area contributed by atoms with Crippen molar-refractivity contribution >= 4 is 11.9 Å². The third-order valence-electron chi connectivity index (χ3n) is 3.92. The van der Waals surface area contributed by atoms with Crippen LogP contribution < -0.4 is 0 Å². The van der Waals surface area contributed by atoms with Crippen LogP contribution in [-0.2, 0) is 17.6 Å². The number of hydrogen-bond donors (Lipinski definition) is 0. The van der Waals surface area contributed by atoms with Crippen LogP contribution in [-0.4, -0.2) is 11.9 Å². The predicted octanol–water partition coefficient (Wildman–Crippen LogP) is 5.08. The molecule has 2 aromatic carbocycles. The number of rotatable bonds is 6. The number of ether oxygens (including phenoxy) is 1. The van der Waals surface area contributed by atoms with Crippen LogP contribution in [0.15, 0.2) is 48.5 Å². The van der Waals surface area contributed by atoms with Gasteiger partial charge in [0.2, 0.25) is 0 Å². The van der Waals surface area contributed by atoms with Gasteiger partial charge in [0, 0.05) is 0 Å². The molecule has 132 valence electrons. The van der Waals surface area contributed by atoms with E-state index < -0.39 is 11.9 Å². The minimum Gasteiger partial charge on any atom is -0.386 e. The van der Waals surface area contributed by atoms with Gasteiger partial charge in [-0.15, -0.1) is 0 Å². The lowest BCUT2D eigenvalue weighted by Crippen LogP contribution is -2.17. The fourth-order valence-electron chi connectivity index (χ4n) is 2.87. The van der Waals surface area contributed by atoms with E-state index in [9.17, 15) is 9.59 Å². The Balaban J connectivity index is 2.21. The van der Waals surface area contributed by atoms with Crippen molar-refractivity contribution < 1.29 is 14.3 Å². The molecular formula is C22H26O3. The molecule has 0 unspecified atom stereocenters. The third kappa shape index (κ3) is 5.28. The quantitative estimate of drug-likeness (QED) is 0.545. The molecule has 2 rings (SSSR count). The molecule has 0 heterocycles. The number of hydrogen-bond acceptors (Lipinski definition) is 3. The summed E-state index contributed by atoms with van der Waals surface area (Å²) >= 11 is 0. The van der Waals surface area contributed by atoms with Crippen LogP contribution in [0.1, 0.15) is 59.5 Å². The zero-order valence-electron chi connectivity index (χ0n) is 15.4. The molecular weight excluding hydrogens is 312 g/mol. The molecule has 0 amide bonds. The highest BCUT2D eigenvalue weighted by Crippen LogP contribution is 2.18. The zero-order valence-corrected chi connectivity index (χ0v) is 15.4. The lowest BCUT2D eigenvalue weighted by molar-refractivity contribution is 0.0396. The summed E-state index contributed by atoms with van der Waals surface area (Å²) in [5.74, 6) is -0.339. The number of benzene rings is 2. The molecule has 0 bridgehead atoms. The number of carbonyl (C=O) groups excluding carboxylic acids is 2. The minimum atomic E-state index is -0.583. The fourth-order valence-corrected chi connectivity index (χ4v) is 2.87. The highest BCUT2D eigenvalue weighted by Gasteiger charge is 2.20. The van der Waals surface area contributed by atoms with Gasteiger partial charge in [-0.1, -0.05) is 64.1 Å². The van der Waals surface area contributed by atoms with Crippen molar-refractivity contribution in [1.29, 1.82) is 0 Å². The summed E-state index contributed by atoms with van der Waals surface area (Å²) < 4.78 is 5.19. The van der Waals surface area contributed by atoms with Crippen molar-refractivity contribution in [2.75, 3.05) is 0 Å². The largest absolute Gasteiger partial charge is 0.386 e. The molecule has 0 saturated heterocycles. The summed E-state index contributed by atoms with van der Waals surface area (Å²) in [4.78, 5) is 25.0. The lowest BCUT2D eigenvalue weighted by Gasteiger charge is -2.12. The first-order valence-electron chi connectivity index (χ1n) is 8.80. The molecule has 25 heavy (non-hydrogen) atoms. The van der Waals surface area contributed by atoms with Gasteiger partial charge in [0.05, 0.1) is 11.1 Å². The Kier molecular flexibility index (Phi) is 6.51. The van der Waals surface area contributed by atoms with Crippen LogP contribution in [0.5, 0.6) is 0 Å². The number of carbonyl (C=O) groups is 2. The highest BCUT2D eigenvalue weighted by molar-refractivity contribution is 6.03. The van der Waals surface area contributed by atoms with Gasteiger partial charge in [-0.25, -0.2) is 9.59 Å². The Bertz CT molecular complexity index is 681. The van der Waals surface area contributed by atoms with Crippen molar-refractivity contribution in [3.05, 3.63) is 70.8 Å². The molecule has 0 aliphatic heterocycles. The van der Waals surface area contributed by atoms with Gasteiger partial charge < -0.3 is 4.74 Å². The van der Waals surface area contributed by atoms with E-state index in [4.69, 9.17) is 4.74 Å². The molecule has 0 saturated carbocycles. The molecule has 0 aliphatic carbocycles. The summed E-state index contributed by atoms with van der Waals surface area (Å²) in [6, 6.07) is 14.6. The molecule has 2 aromatic rings. The standard InChI is InChI=1S/C22H26O3/c1-15(2)13-17-9-5-7-11-19(17)21(23)25-22(24)20-12-8-6-10-18(20)14-16(3)4/h5-12,15-16H,13-14H2,1-4H3. The SMILES string of the molecule is CC(C)Cc1ccccc1C(=O)OC(=O)c1ccccc1CC(C)C. The van der Waals surface area contributed by atoms with Crippen molar-refractivity contribution in [3.63, 3.8) is 0 Å². The third-order valence-corrected chi connectivity index (χ3v) is 3.92. The fraction of sp³-hybridized carbons (Fsp3) is 0.364.